The molecule has 2 nitrogen and oxygen atoms in total. The third-order valence-corrected chi connectivity index (χ3v) is 3.15. The largest absolute Gasteiger partial charge is 0.419 e. The second-order valence-electron chi connectivity index (χ2n) is 3.58. The van der Waals surface area contributed by atoms with E-state index in [1.54, 1.807) is 0 Å². The van der Waals surface area contributed by atoms with Crippen molar-refractivity contribution in [1.82, 2.24) is 5.32 Å². The van der Waals surface area contributed by atoms with E-state index in [0.717, 1.165) is 6.07 Å². The first-order valence-electron chi connectivity index (χ1n) is 4.87. The molecule has 0 spiro atoms. The van der Waals surface area contributed by atoms with Crippen LogP contribution >= 0.6 is 11.8 Å². The Morgan fingerprint density at radius 3 is 2.61 bits per heavy atom. The van der Waals surface area contributed by atoms with Crippen molar-refractivity contribution < 1.29 is 22.4 Å². The lowest BCUT2D eigenvalue weighted by atomic mass is 10.1. The number of carbonyl (C=O) groups is 1. The fraction of sp³-hybridized carbons (Fsp3) is 0.182. The van der Waals surface area contributed by atoms with Crippen LogP contribution in [-0.2, 0) is 11.0 Å². The Morgan fingerprint density at radius 1 is 1.33 bits per heavy atom. The van der Waals surface area contributed by atoms with Crippen LogP contribution in [0.15, 0.2) is 23.2 Å². The molecule has 0 unspecified atom stereocenters. The summed E-state index contributed by atoms with van der Waals surface area (Å²) in [6.45, 7) is 0. The van der Waals surface area contributed by atoms with Gasteiger partial charge in [-0.2, -0.15) is 13.2 Å². The molecule has 0 saturated carbocycles. The third kappa shape index (κ3) is 2.84. The maximum absolute atomic E-state index is 13.0. The van der Waals surface area contributed by atoms with E-state index in [4.69, 9.17) is 0 Å². The SMILES string of the molecule is O=C1CSC(=Cc2ccc(F)c(C(F)(F)F)c2)N1. The van der Waals surface area contributed by atoms with E-state index in [2.05, 4.69) is 5.32 Å². The molecule has 0 bridgehead atoms. The highest BCUT2D eigenvalue weighted by molar-refractivity contribution is 8.04. The number of hydrogen-bond acceptors (Lipinski definition) is 2. The van der Waals surface area contributed by atoms with Crippen LogP contribution in [0.5, 0.6) is 0 Å². The van der Waals surface area contributed by atoms with Crippen molar-refractivity contribution in [3.8, 4) is 0 Å². The molecule has 18 heavy (non-hydrogen) atoms. The summed E-state index contributed by atoms with van der Waals surface area (Å²) >= 11 is 1.19. The van der Waals surface area contributed by atoms with Gasteiger partial charge in [0.25, 0.3) is 0 Å². The molecule has 1 N–H and O–H groups in total. The van der Waals surface area contributed by atoms with E-state index in [1.807, 2.05) is 0 Å². The van der Waals surface area contributed by atoms with Gasteiger partial charge in [0.05, 0.1) is 16.3 Å². The van der Waals surface area contributed by atoms with Gasteiger partial charge < -0.3 is 5.32 Å². The summed E-state index contributed by atoms with van der Waals surface area (Å²) in [6, 6.07) is 2.70. The minimum absolute atomic E-state index is 0.188. The lowest BCUT2D eigenvalue weighted by Crippen LogP contribution is -2.13. The van der Waals surface area contributed by atoms with Crippen molar-refractivity contribution >= 4 is 23.7 Å². The minimum Gasteiger partial charge on any atom is -0.320 e. The number of carbonyl (C=O) groups excluding carboxylic acids is 1. The average molecular weight is 277 g/mol. The minimum atomic E-state index is -4.73. The second kappa shape index (κ2) is 4.64. The van der Waals surface area contributed by atoms with Crippen molar-refractivity contribution in [2.45, 2.75) is 6.18 Å². The molecular weight excluding hydrogens is 270 g/mol. The van der Waals surface area contributed by atoms with Gasteiger partial charge >= 0.3 is 6.18 Å². The Hall–Kier alpha value is -1.50. The molecule has 0 aromatic heterocycles. The zero-order valence-electron chi connectivity index (χ0n) is 8.84. The number of halogens is 4. The number of nitrogens with one attached hydrogen (secondary N) is 1. The monoisotopic (exact) mass is 277 g/mol. The highest BCUT2D eigenvalue weighted by atomic mass is 32.2. The summed E-state index contributed by atoms with van der Waals surface area (Å²) in [5.41, 5.74) is -1.13. The van der Waals surface area contributed by atoms with Gasteiger partial charge in [-0.15, -0.1) is 0 Å². The molecule has 0 radical (unpaired) electrons. The normalized spacial score (nSPS) is 18.2. The molecule has 0 atom stereocenters. The maximum Gasteiger partial charge on any atom is 0.419 e. The molecule has 1 aliphatic rings. The molecule has 96 valence electrons. The lowest BCUT2D eigenvalue weighted by molar-refractivity contribution is -0.140. The van der Waals surface area contributed by atoms with Crippen LogP contribution in [0.1, 0.15) is 11.1 Å². The number of benzene rings is 1. The van der Waals surface area contributed by atoms with Crippen molar-refractivity contribution in [3.05, 3.63) is 40.2 Å². The summed E-state index contributed by atoms with van der Waals surface area (Å²) in [4.78, 5) is 10.9. The number of thioether (sulfide) groups is 1. The van der Waals surface area contributed by atoms with Gasteiger partial charge in [-0.1, -0.05) is 17.8 Å². The topological polar surface area (TPSA) is 29.1 Å². The van der Waals surface area contributed by atoms with Gasteiger partial charge in [0.1, 0.15) is 5.82 Å². The highest BCUT2D eigenvalue weighted by Gasteiger charge is 2.34. The molecule has 2 rings (SSSR count). The van der Waals surface area contributed by atoms with Gasteiger partial charge in [-0.05, 0) is 23.8 Å². The lowest BCUT2D eigenvalue weighted by Gasteiger charge is -2.08. The van der Waals surface area contributed by atoms with Crippen LogP contribution in [0.25, 0.3) is 6.08 Å². The molecule has 1 fully saturated rings. The summed E-state index contributed by atoms with van der Waals surface area (Å²) < 4.78 is 50.4. The smallest absolute Gasteiger partial charge is 0.320 e. The first kappa shape index (κ1) is 12.9. The van der Waals surface area contributed by atoms with E-state index in [-0.39, 0.29) is 17.2 Å². The van der Waals surface area contributed by atoms with Gasteiger partial charge in [0.2, 0.25) is 5.91 Å². The van der Waals surface area contributed by atoms with Crippen molar-refractivity contribution in [3.63, 3.8) is 0 Å². The van der Waals surface area contributed by atoms with Crippen LogP contribution in [0.2, 0.25) is 0 Å². The molecule has 1 aromatic rings. The molecule has 1 aromatic carbocycles. The van der Waals surface area contributed by atoms with E-state index < -0.39 is 17.6 Å². The average Bonchev–Trinajstić information content (AvgIpc) is 2.65. The number of hydrogen-bond donors (Lipinski definition) is 1. The third-order valence-electron chi connectivity index (χ3n) is 2.21. The van der Waals surface area contributed by atoms with Gasteiger partial charge in [-0.25, -0.2) is 4.39 Å². The molecule has 1 heterocycles. The predicted octanol–water partition coefficient (Wildman–Crippen LogP) is 3.01. The Bertz CT molecular complexity index is 524. The van der Waals surface area contributed by atoms with E-state index in [1.165, 1.54) is 23.9 Å². The Balaban J connectivity index is 2.33. The summed E-state index contributed by atoms with van der Waals surface area (Å²) in [5.74, 6) is -1.28. The molecular formula is C11H7F4NOS. The standard InChI is InChI=1S/C11H7F4NOS/c12-8-2-1-6(3-7(8)11(13,14)15)4-10-16-9(17)5-18-10/h1-4H,5H2,(H,16,17). The second-order valence-corrected chi connectivity index (χ2v) is 4.60. The van der Waals surface area contributed by atoms with Crippen LogP contribution in [-0.4, -0.2) is 11.7 Å². The summed E-state index contributed by atoms with van der Waals surface area (Å²) in [5, 5.41) is 2.94. The predicted molar refractivity (Wildman–Crippen MR) is 60.0 cm³/mol. The number of amides is 1. The van der Waals surface area contributed by atoms with Crippen molar-refractivity contribution in [2.75, 3.05) is 5.75 Å². The van der Waals surface area contributed by atoms with Crippen LogP contribution < -0.4 is 5.32 Å². The van der Waals surface area contributed by atoms with Crippen LogP contribution in [0.4, 0.5) is 17.6 Å². The van der Waals surface area contributed by atoms with Crippen molar-refractivity contribution in [1.29, 1.82) is 0 Å². The Kier molecular flexibility index (Phi) is 3.34. The highest BCUT2D eigenvalue weighted by Crippen LogP contribution is 2.32. The van der Waals surface area contributed by atoms with E-state index in [0.29, 0.717) is 11.1 Å². The Labute approximate surface area is 104 Å². The first-order valence-corrected chi connectivity index (χ1v) is 5.86. The quantitative estimate of drug-likeness (QED) is 0.799. The molecule has 1 amide bonds. The van der Waals surface area contributed by atoms with Gasteiger partial charge in [-0.3, -0.25) is 4.79 Å². The molecule has 1 saturated heterocycles. The molecule has 7 heteroatoms. The van der Waals surface area contributed by atoms with Crippen LogP contribution in [0.3, 0.4) is 0 Å². The van der Waals surface area contributed by atoms with E-state index in [9.17, 15) is 22.4 Å². The first-order chi connectivity index (χ1) is 8.36. The molecule has 1 aliphatic heterocycles. The fourth-order valence-corrected chi connectivity index (χ4v) is 2.20. The molecule has 0 aliphatic carbocycles. The summed E-state index contributed by atoms with van der Waals surface area (Å²) in [7, 11) is 0. The number of alkyl halides is 3. The maximum atomic E-state index is 13.0. The fourth-order valence-electron chi connectivity index (χ4n) is 1.43. The van der Waals surface area contributed by atoms with Crippen molar-refractivity contribution in [2.24, 2.45) is 0 Å². The zero-order valence-corrected chi connectivity index (χ0v) is 9.66. The zero-order chi connectivity index (χ0) is 13.3. The van der Waals surface area contributed by atoms with E-state index >= 15 is 0 Å². The Morgan fingerprint density at radius 2 is 2.06 bits per heavy atom. The van der Waals surface area contributed by atoms with Gasteiger partial charge in [0.15, 0.2) is 0 Å². The van der Waals surface area contributed by atoms with Crippen LogP contribution in [0, 0.1) is 5.82 Å². The number of rotatable bonds is 1. The van der Waals surface area contributed by atoms with Gasteiger partial charge in [0, 0.05) is 0 Å². The summed E-state index contributed by atoms with van der Waals surface area (Å²) in [6.07, 6.45) is -3.35.